The normalized spacial score (nSPS) is 10.5. The van der Waals surface area contributed by atoms with Crippen LogP contribution in [-0.2, 0) is 11.2 Å². The lowest BCUT2D eigenvalue weighted by Gasteiger charge is -2.18. The van der Waals surface area contributed by atoms with Crippen LogP contribution >= 0.6 is 12.4 Å². The van der Waals surface area contributed by atoms with Gasteiger partial charge < -0.3 is 15.8 Å². The van der Waals surface area contributed by atoms with Crippen molar-refractivity contribution in [3.05, 3.63) is 29.8 Å². The van der Waals surface area contributed by atoms with Crippen molar-refractivity contribution < 1.29 is 9.53 Å². The highest BCUT2D eigenvalue weighted by atomic mass is 35.5. The molecule has 0 aliphatic rings. The number of methoxy groups -OCH3 is 1. The summed E-state index contributed by atoms with van der Waals surface area (Å²) in [5.41, 5.74) is 6.55. The molecule has 0 saturated carbocycles. The smallest absolute Gasteiger partial charge is 0.220 e. The lowest BCUT2D eigenvalue weighted by Crippen LogP contribution is -2.45. The Balaban J connectivity index is 0.00000324. The van der Waals surface area contributed by atoms with Crippen molar-refractivity contribution in [1.82, 2.24) is 5.32 Å². The van der Waals surface area contributed by atoms with Gasteiger partial charge in [0.2, 0.25) is 5.91 Å². The first-order valence-corrected chi connectivity index (χ1v) is 6.09. The van der Waals surface area contributed by atoms with Gasteiger partial charge in [0.1, 0.15) is 5.75 Å². The molecule has 0 unspecified atom stereocenters. The molecule has 19 heavy (non-hydrogen) atoms. The quantitative estimate of drug-likeness (QED) is 0.839. The van der Waals surface area contributed by atoms with Crippen LogP contribution in [0.5, 0.6) is 5.75 Å². The van der Waals surface area contributed by atoms with Gasteiger partial charge in [0, 0.05) is 18.5 Å². The summed E-state index contributed by atoms with van der Waals surface area (Å²) in [6, 6.07) is 7.74. The fraction of sp³-hybridized carbons (Fsp3) is 0.500. The Morgan fingerprint density at radius 3 is 2.37 bits per heavy atom. The van der Waals surface area contributed by atoms with Crippen molar-refractivity contribution in [3.8, 4) is 5.75 Å². The summed E-state index contributed by atoms with van der Waals surface area (Å²) in [5.74, 6) is 0.859. The number of nitrogens with two attached hydrogens (primary N) is 1. The van der Waals surface area contributed by atoms with E-state index in [-0.39, 0.29) is 23.9 Å². The zero-order valence-corrected chi connectivity index (χ0v) is 12.5. The molecule has 0 bridgehead atoms. The number of carbonyl (C=O) groups is 1. The van der Waals surface area contributed by atoms with E-state index >= 15 is 0 Å². The van der Waals surface area contributed by atoms with Gasteiger partial charge in [-0.3, -0.25) is 4.79 Å². The minimum atomic E-state index is -0.365. The fourth-order valence-electron chi connectivity index (χ4n) is 1.46. The van der Waals surface area contributed by atoms with Crippen LogP contribution in [0.25, 0.3) is 0 Å². The van der Waals surface area contributed by atoms with Crippen molar-refractivity contribution in [2.75, 3.05) is 13.7 Å². The predicted octanol–water partition coefficient (Wildman–Crippen LogP) is 1.90. The van der Waals surface area contributed by atoms with Crippen LogP contribution < -0.4 is 15.8 Å². The van der Waals surface area contributed by atoms with E-state index in [2.05, 4.69) is 5.32 Å². The number of halogens is 1. The number of nitrogens with one attached hydrogen (secondary N) is 1. The van der Waals surface area contributed by atoms with E-state index in [0.29, 0.717) is 13.0 Å². The molecule has 1 aromatic carbocycles. The van der Waals surface area contributed by atoms with Crippen LogP contribution in [0, 0.1) is 0 Å². The molecule has 0 aliphatic heterocycles. The molecule has 0 aromatic heterocycles. The molecule has 0 aliphatic carbocycles. The largest absolute Gasteiger partial charge is 0.497 e. The summed E-state index contributed by atoms with van der Waals surface area (Å²) >= 11 is 0. The van der Waals surface area contributed by atoms with Gasteiger partial charge in [0.15, 0.2) is 0 Å². The Labute approximate surface area is 121 Å². The maximum absolute atomic E-state index is 11.6. The highest BCUT2D eigenvalue weighted by molar-refractivity contribution is 5.85. The fourth-order valence-corrected chi connectivity index (χ4v) is 1.46. The van der Waals surface area contributed by atoms with Crippen molar-refractivity contribution in [3.63, 3.8) is 0 Å². The standard InChI is InChI=1S/C14H22N2O2.ClH/c1-14(2,15)10-16-13(17)9-6-11-4-7-12(18-3)8-5-11;/h4-5,7-8H,6,9-10,15H2,1-3H3,(H,16,17);1H. The molecule has 108 valence electrons. The van der Waals surface area contributed by atoms with E-state index < -0.39 is 0 Å². The second kappa shape index (κ2) is 8.02. The van der Waals surface area contributed by atoms with E-state index in [1.54, 1.807) is 7.11 Å². The average Bonchev–Trinajstić information content (AvgIpc) is 2.33. The van der Waals surface area contributed by atoms with Crippen LogP contribution in [-0.4, -0.2) is 25.1 Å². The first kappa shape index (κ1) is 17.7. The molecule has 4 nitrogen and oxygen atoms in total. The Morgan fingerprint density at radius 2 is 1.89 bits per heavy atom. The maximum Gasteiger partial charge on any atom is 0.220 e. The topological polar surface area (TPSA) is 64.3 Å². The van der Waals surface area contributed by atoms with Gasteiger partial charge in [0.25, 0.3) is 0 Å². The summed E-state index contributed by atoms with van der Waals surface area (Å²) in [7, 11) is 1.64. The second-order valence-electron chi connectivity index (χ2n) is 5.11. The second-order valence-corrected chi connectivity index (χ2v) is 5.11. The lowest BCUT2D eigenvalue weighted by molar-refractivity contribution is -0.121. The zero-order valence-electron chi connectivity index (χ0n) is 11.7. The molecule has 1 aromatic rings. The first-order chi connectivity index (χ1) is 8.40. The van der Waals surface area contributed by atoms with Gasteiger partial charge in [0.05, 0.1) is 7.11 Å². The van der Waals surface area contributed by atoms with Gasteiger partial charge in [-0.25, -0.2) is 0 Å². The number of ether oxygens (including phenoxy) is 1. The molecular formula is C14H23ClN2O2. The summed E-state index contributed by atoms with van der Waals surface area (Å²) in [6.07, 6.45) is 1.20. The molecule has 0 heterocycles. The Kier molecular flexibility index (Phi) is 7.49. The molecule has 0 radical (unpaired) electrons. The Hall–Kier alpha value is -1.26. The molecule has 0 atom stereocenters. The van der Waals surface area contributed by atoms with E-state index in [1.165, 1.54) is 0 Å². The summed E-state index contributed by atoms with van der Waals surface area (Å²) < 4.78 is 5.08. The number of benzene rings is 1. The number of hydrogen-bond donors (Lipinski definition) is 2. The van der Waals surface area contributed by atoms with Crippen molar-refractivity contribution in [2.24, 2.45) is 5.73 Å². The predicted molar refractivity (Wildman–Crippen MR) is 79.8 cm³/mol. The van der Waals surface area contributed by atoms with Gasteiger partial charge in [-0.2, -0.15) is 0 Å². The third-order valence-electron chi connectivity index (χ3n) is 2.54. The number of hydrogen-bond acceptors (Lipinski definition) is 3. The van der Waals surface area contributed by atoms with E-state index in [9.17, 15) is 4.79 Å². The lowest BCUT2D eigenvalue weighted by atomic mass is 10.1. The molecule has 0 spiro atoms. The summed E-state index contributed by atoms with van der Waals surface area (Å²) in [6.45, 7) is 4.27. The SMILES string of the molecule is COc1ccc(CCC(=O)NCC(C)(C)N)cc1.Cl. The molecule has 0 fully saturated rings. The van der Waals surface area contributed by atoms with Crippen LogP contribution in [0.4, 0.5) is 0 Å². The minimum absolute atomic E-state index is 0. The first-order valence-electron chi connectivity index (χ1n) is 6.09. The van der Waals surface area contributed by atoms with Gasteiger partial charge in [-0.1, -0.05) is 12.1 Å². The zero-order chi connectivity index (χ0) is 13.6. The van der Waals surface area contributed by atoms with Crippen LogP contribution in [0.1, 0.15) is 25.8 Å². The third-order valence-corrected chi connectivity index (χ3v) is 2.54. The molecule has 3 N–H and O–H groups in total. The van der Waals surface area contributed by atoms with Crippen molar-refractivity contribution in [2.45, 2.75) is 32.2 Å². The third kappa shape index (κ3) is 7.70. The minimum Gasteiger partial charge on any atom is -0.497 e. The molecule has 1 amide bonds. The van der Waals surface area contributed by atoms with Crippen molar-refractivity contribution >= 4 is 18.3 Å². The Morgan fingerprint density at radius 1 is 1.32 bits per heavy atom. The monoisotopic (exact) mass is 286 g/mol. The van der Waals surface area contributed by atoms with Crippen LogP contribution in [0.2, 0.25) is 0 Å². The van der Waals surface area contributed by atoms with E-state index in [1.807, 2.05) is 38.1 Å². The number of amides is 1. The van der Waals surface area contributed by atoms with E-state index in [0.717, 1.165) is 17.7 Å². The summed E-state index contributed by atoms with van der Waals surface area (Å²) in [5, 5.41) is 2.83. The van der Waals surface area contributed by atoms with Crippen molar-refractivity contribution in [1.29, 1.82) is 0 Å². The molecular weight excluding hydrogens is 264 g/mol. The van der Waals surface area contributed by atoms with Crippen LogP contribution in [0.15, 0.2) is 24.3 Å². The Bertz CT molecular complexity index is 385. The number of aryl methyl sites for hydroxylation is 1. The number of carbonyl (C=O) groups excluding carboxylic acids is 1. The molecule has 5 heteroatoms. The maximum atomic E-state index is 11.6. The average molecular weight is 287 g/mol. The van der Waals surface area contributed by atoms with Gasteiger partial charge >= 0.3 is 0 Å². The summed E-state index contributed by atoms with van der Waals surface area (Å²) in [4.78, 5) is 11.6. The molecule has 0 saturated heterocycles. The van der Waals surface area contributed by atoms with Gasteiger partial charge in [-0.05, 0) is 38.0 Å². The van der Waals surface area contributed by atoms with Gasteiger partial charge in [-0.15, -0.1) is 12.4 Å². The van der Waals surface area contributed by atoms with E-state index in [4.69, 9.17) is 10.5 Å². The molecule has 1 rings (SSSR count). The van der Waals surface area contributed by atoms with Crippen LogP contribution in [0.3, 0.4) is 0 Å². The number of rotatable bonds is 6. The highest BCUT2D eigenvalue weighted by Gasteiger charge is 2.11. The highest BCUT2D eigenvalue weighted by Crippen LogP contribution is 2.12.